The van der Waals surface area contributed by atoms with Crippen molar-refractivity contribution in [3.63, 3.8) is 0 Å². The minimum Gasteiger partial charge on any atom is -0.459 e. The lowest BCUT2D eigenvalue weighted by atomic mass is 10.2. The normalized spacial score (nSPS) is 14.7. The third-order valence-electron chi connectivity index (χ3n) is 5.30. The van der Waals surface area contributed by atoms with E-state index in [2.05, 4.69) is 0 Å². The Bertz CT molecular complexity index is 1090. The minimum absolute atomic E-state index is 0.00603. The van der Waals surface area contributed by atoms with E-state index in [-0.39, 0.29) is 26.3 Å². The van der Waals surface area contributed by atoms with Crippen LogP contribution in [0.25, 0.3) is 0 Å². The first-order valence-corrected chi connectivity index (χ1v) is 11.6. The molecule has 3 aromatic rings. The zero-order valence-corrected chi connectivity index (χ0v) is 20.0. The second-order valence-electron chi connectivity index (χ2n) is 7.67. The monoisotopic (exact) mass is 474 g/mol. The van der Waals surface area contributed by atoms with Gasteiger partial charge in [-0.2, -0.15) is 0 Å². The molecule has 0 unspecified atom stereocenters. The Hall–Kier alpha value is -4.13. The molecule has 1 heterocycles. The average molecular weight is 475 g/mol. The molecule has 1 aliphatic heterocycles. The molecule has 0 aliphatic carbocycles. The summed E-state index contributed by atoms with van der Waals surface area (Å²) in [5.41, 5.74) is 2.48. The molecular formula is C28H30N2O5. The topological polar surface area (TPSA) is 76.2 Å². The molecule has 182 valence electrons. The number of ether oxygens (including phenoxy) is 2. The van der Waals surface area contributed by atoms with E-state index in [0.717, 1.165) is 21.6 Å². The van der Waals surface area contributed by atoms with Gasteiger partial charge in [0.15, 0.2) is 6.04 Å². The molecular weight excluding hydrogens is 444 g/mol. The van der Waals surface area contributed by atoms with E-state index in [0.29, 0.717) is 0 Å². The van der Waals surface area contributed by atoms with Crippen LogP contribution in [0.1, 0.15) is 30.5 Å². The Labute approximate surface area is 205 Å². The quantitative estimate of drug-likeness (QED) is 0.429. The Morgan fingerprint density at radius 2 is 1.20 bits per heavy atom. The van der Waals surface area contributed by atoms with Crippen LogP contribution in [0.3, 0.4) is 0 Å². The molecule has 7 heteroatoms. The van der Waals surface area contributed by atoms with Crippen LogP contribution in [-0.4, -0.2) is 40.5 Å². The second kappa shape index (κ2) is 12.9. The highest BCUT2D eigenvalue weighted by Crippen LogP contribution is 2.22. The Kier molecular flexibility index (Phi) is 9.42. The van der Waals surface area contributed by atoms with Crippen LogP contribution in [0.4, 0.5) is 9.59 Å². The summed E-state index contributed by atoms with van der Waals surface area (Å²) in [6, 6.07) is 26.1. The highest BCUT2D eigenvalue weighted by molar-refractivity contribution is 5.98. The summed E-state index contributed by atoms with van der Waals surface area (Å²) in [6.45, 7) is 4.34. The fourth-order valence-corrected chi connectivity index (χ4v) is 3.59. The van der Waals surface area contributed by atoms with Crippen molar-refractivity contribution < 1.29 is 23.9 Å². The molecule has 4 rings (SSSR count). The van der Waals surface area contributed by atoms with Crippen LogP contribution < -0.4 is 0 Å². The zero-order chi connectivity index (χ0) is 25.0. The standard InChI is InChI=1S/C26H24N2O5.C2H6/c29-24(32-18-21-12-6-2-7-13-21)23-17-27(16-20-10-4-1-5-11-20)25(30)28(23)26(31)33-19-22-14-8-3-9-15-22;1-2/h1-15,23H,16-19H2;1-2H3/t23-;/m0./s1. The number of benzene rings is 3. The molecule has 35 heavy (non-hydrogen) atoms. The van der Waals surface area contributed by atoms with Gasteiger partial charge in [0.25, 0.3) is 0 Å². The van der Waals surface area contributed by atoms with Gasteiger partial charge in [0, 0.05) is 6.54 Å². The number of rotatable bonds is 7. The molecule has 1 fully saturated rings. The molecule has 1 aliphatic rings. The maximum Gasteiger partial charge on any atom is 0.419 e. The van der Waals surface area contributed by atoms with Crippen LogP contribution >= 0.6 is 0 Å². The third kappa shape index (κ3) is 6.93. The van der Waals surface area contributed by atoms with E-state index in [1.165, 1.54) is 4.90 Å². The van der Waals surface area contributed by atoms with Crippen LogP contribution in [0.2, 0.25) is 0 Å². The predicted octanol–water partition coefficient (Wildman–Crippen LogP) is 5.40. The molecule has 3 amide bonds. The molecule has 0 N–H and O–H groups in total. The first-order chi connectivity index (χ1) is 17.1. The van der Waals surface area contributed by atoms with Gasteiger partial charge in [0.2, 0.25) is 0 Å². The van der Waals surface area contributed by atoms with E-state index in [4.69, 9.17) is 9.47 Å². The van der Waals surface area contributed by atoms with E-state index in [9.17, 15) is 14.4 Å². The van der Waals surface area contributed by atoms with Gasteiger partial charge in [0.05, 0.1) is 6.54 Å². The summed E-state index contributed by atoms with van der Waals surface area (Å²) in [5.74, 6) is -0.653. The molecule has 1 atom stereocenters. The summed E-state index contributed by atoms with van der Waals surface area (Å²) < 4.78 is 10.8. The predicted molar refractivity (Wildman–Crippen MR) is 132 cm³/mol. The molecule has 7 nitrogen and oxygen atoms in total. The largest absolute Gasteiger partial charge is 0.459 e. The van der Waals surface area contributed by atoms with E-state index >= 15 is 0 Å². The van der Waals surface area contributed by atoms with E-state index < -0.39 is 24.1 Å². The van der Waals surface area contributed by atoms with Gasteiger partial charge in [-0.25, -0.2) is 19.3 Å². The maximum atomic E-state index is 13.1. The first kappa shape index (κ1) is 25.5. The number of carbonyl (C=O) groups excluding carboxylic acids is 3. The fourth-order valence-electron chi connectivity index (χ4n) is 3.59. The number of nitrogens with zero attached hydrogens (tertiary/aromatic N) is 2. The molecule has 0 radical (unpaired) electrons. The first-order valence-electron chi connectivity index (χ1n) is 11.6. The van der Waals surface area contributed by atoms with Crippen molar-refractivity contribution in [2.24, 2.45) is 0 Å². The van der Waals surface area contributed by atoms with Gasteiger partial charge >= 0.3 is 18.1 Å². The lowest BCUT2D eigenvalue weighted by molar-refractivity contribution is -0.149. The number of urea groups is 1. The van der Waals surface area contributed by atoms with Crippen molar-refractivity contribution in [2.45, 2.75) is 39.6 Å². The zero-order valence-electron chi connectivity index (χ0n) is 20.0. The third-order valence-corrected chi connectivity index (χ3v) is 5.30. The van der Waals surface area contributed by atoms with Crippen molar-refractivity contribution in [1.29, 1.82) is 0 Å². The summed E-state index contributed by atoms with van der Waals surface area (Å²) in [7, 11) is 0. The van der Waals surface area contributed by atoms with Crippen molar-refractivity contribution in [3.8, 4) is 0 Å². The van der Waals surface area contributed by atoms with Crippen LogP contribution in [0, 0.1) is 0 Å². The number of hydrogen-bond acceptors (Lipinski definition) is 5. The second-order valence-corrected chi connectivity index (χ2v) is 7.67. The molecule has 0 bridgehead atoms. The summed E-state index contributed by atoms with van der Waals surface area (Å²) in [5, 5.41) is 0. The van der Waals surface area contributed by atoms with Gasteiger partial charge in [-0.1, -0.05) is 105 Å². The van der Waals surface area contributed by atoms with E-state index in [1.807, 2.05) is 105 Å². The van der Waals surface area contributed by atoms with Gasteiger partial charge < -0.3 is 14.4 Å². The SMILES string of the molecule is CC.O=C(OCc1ccccc1)[C@@H]1CN(Cc2ccccc2)C(=O)N1C(=O)OCc1ccccc1. The van der Waals surface area contributed by atoms with Gasteiger partial charge in [-0.3, -0.25) is 0 Å². The minimum atomic E-state index is -1.09. The van der Waals surface area contributed by atoms with Crippen LogP contribution in [0.15, 0.2) is 91.0 Å². The molecule has 1 saturated heterocycles. The Morgan fingerprint density at radius 3 is 1.71 bits per heavy atom. The highest BCUT2D eigenvalue weighted by Gasteiger charge is 2.47. The summed E-state index contributed by atoms with van der Waals surface area (Å²) in [6.07, 6.45) is -0.874. The molecule has 3 aromatic carbocycles. The van der Waals surface area contributed by atoms with Crippen molar-refractivity contribution in [2.75, 3.05) is 6.54 Å². The number of imide groups is 1. The van der Waals surface area contributed by atoms with Crippen molar-refractivity contribution in [1.82, 2.24) is 9.80 Å². The summed E-state index contributed by atoms with van der Waals surface area (Å²) >= 11 is 0. The number of esters is 1. The maximum absolute atomic E-state index is 13.1. The van der Waals surface area contributed by atoms with Crippen LogP contribution in [-0.2, 0) is 34.0 Å². The van der Waals surface area contributed by atoms with E-state index in [1.54, 1.807) is 0 Å². The number of carbonyl (C=O) groups is 3. The molecule has 0 saturated carbocycles. The van der Waals surface area contributed by atoms with Gasteiger partial charge in [-0.05, 0) is 16.7 Å². The van der Waals surface area contributed by atoms with Crippen LogP contribution in [0.5, 0.6) is 0 Å². The molecule has 0 spiro atoms. The highest BCUT2D eigenvalue weighted by atomic mass is 16.6. The van der Waals surface area contributed by atoms with Gasteiger partial charge in [-0.15, -0.1) is 0 Å². The van der Waals surface area contributed by atoms with Crippen molar-refractivity contribution >= 4 is 18.1 Å². The molecule has 0 aromatic heterocycles. The number of hydrogen-bond donors (Lipinski definition) is 0. The van der Waals surface area contributed by atoms with Gasteiger partial charge in [0.1, 0.15) is 13.2 Å². The van der Waals surface area contributed by atoms with Crippen molar-refractivity contribution in [3.05, 3.63) is 108 Å². The number of amides is 3. The Balaban J connectivity index is 0.00000167. The summed E-state index contributed by atoms with van der Waals surface area (Å²) in [4.78, 5) is 41.2. The average Bonchev–Trinajstić information content (AvgIpc) is 3.24. The Morgan fingerprint density at radius 1 is 0.743 bits per heavy atom. The fraction of sp³-hybridized carbons (Fsp3) is 0.250. The lowest BCUT2D eigenvalue weighted by Crippen LogP contribution is -2.44. The lowest BCUT2D eigenvalue weighted by Gasteiger charge is -2.20. The smallest absolute Gasteiger partial charge is 0.419 e.